The Hall–Kier alpha value is -1.59. The number of esters is 3. The van der Waals surface area contributed by atoms with E-state index in [4.69, 9.17) is 14.2 Å². The van der Waals surface area contributed by atoms with Crippen LogP contribution < -0.4 is 0 Å². The summed E-state index contributed by atoms with van der Waals surface area (Å²) in [6, 6.07) is 0. The van der Waals surface area contributed by atoms with Gasteiger partial charge in [-0.25, -0.2) is 0 Å². The Morgan fingerprint density at radius 1 is 0.404 bits per heavy atom. The standard InChI is InChI=1S/C46H88O6/c1-6-8-9-10-11-14-21-26-31-36-44(47)50-39-43(40-51-45(48)37-32-27-22-18-17-20-25-30-35-42(5)7-2)52-46(49)38-33-28-23-16-13-12-15-19-24-29-34-41(3)4/h41-43H,6-40H2,1-5H3/t42?,43-/m0/s1. The lowest BCUT2D eigenvalue weighted by molar-refractivity contribution is -0.167. The fraction of sp³-hybridized carbons (Fsp3) is 0.935. The molecule has 0 spiro atoms. The van der Waals surface area contributed by atoms with E-state index in [0.717, 1.165) is 69.6 Å². The quantitative estimate of drug-likeness (QED) is 0.0354. The van der Waals surface area contributed by atoms with E-state index in [1.165, 1.54) is 135 Å². The Bertz CT molecular complexity index is 796. The molecule has 0 saturated carbocycles. The van der Waals surface area contributed by atoms with E-state index in [1.807, 2.05) is 0 Å². The van der Waals surface area contributed by atoms with E-state index < -0.39 is 6.10 Å². The van der Waals surface area contributed by atoms with Crippen molar-refractivity contribution in [2.45, 2.75) is 253 Å². The number of rotatable bonds is 40. The lowest BCUT2D eigenvalue weighted by Crippen LogP contribution is -2.30. The summed E-state index contributed by atoms with van der Waals surface area (Å²) in [6.45, 7) is 11.3. The summed E-state index contributed by atoms with van der Waals surface area (Å²) in [6.07, 6.45) is 36.5. The largest absolute Gasteiger partial charge is 0.462 e. The molecule has 0 fully saturated rings. The van der Waals surface area contributed by atoms with Crippen molar-refractivity contribution >= 4 is 17.9 Å². The molecule has 0 bridgehead atoms. The Morgan fingerprint density at radius 3 is 1.10 bits per heavy atom. The Kier molecular flexibility index (Phi) is 37.9. The first-order valence-electron chi connectivity index (χ1n) is 22.8. The highest BCUT2D eigenvalue weighted by molar-refractivity contribution is 5.71. The summed E-state index contributed by atoms with van der Waals surface area (Å²) < 4.78 is 16.7. The number of hydrogen-bond acceptors (Lipinski definition) is 6. The van der Waals surface area contributed by atoms with Gasteiger partial charge < -0.3 is 14.2 Å². The van der Waals surface area contributed by atoms with Crippen LogP contribution in [0.5, 0.6) is 0 Å². The molecule has 0 aromatic carbocycles. The van der Waals surface area contributed by atoms with Gasteiger partial charge in [0, 0.05) is 19.3 Å². The van der Waals surface area contributed by atoms with Crippen LogP contribution in [0.4, 0.5) is 0 Å². The normalized spacial score (nSPS) is 12.6. The third-order valence-corrected chi connectivity index (χ3v) is 10.6. The van der Waals surface area contributed by atoms with Crippen molar-refractivity contribution in [3.63, 3.8) is 0 Å². The minimum atomic E-state index is -0.760. The van der Waals surface area contributed by atoms with Gasteiger partial charge in [0.05, 0.1) is 0 Å². The van der Waals surface area contributed by atoms with Gasteiger partial charge in [0.1, 0.15) is 13.2 Å². The van der Waals surface area contributed by atoms with Gasteiger partial charge in [-0.05, 0) is 31.1 Å². The minimum absolute atomic E-state index is 0.0654. The highest BCUT2D eigenvalue weighted by atomic mass is 16.6. The fourth-order valence-corrected chi connectivity index (χ4v) is 6.72. The van der Waals surface area contributed by atoms with E-state index in [0.29, 0.717) is 19.3 Å². The van der Waals surface area contributed by atoms with Crippen molar-refractivity contribution in [1.29, 1.82) is 0 Å². The average Bonchev–Trinajstić information content (AvgIpc) is 3.12. The van der Waals surface area contributed by atoms with Gasteiger partial charge in [0.15, 0.2) is 6.10 Å². The maximum atomic E-state index is 12.7. The summed E-state index contributed by atoms with van der Waals surface area (Å²) in [5, 5.41) is 0. The first kappa shape index (κ1) is 50.4. The predicted octanol–water partition coefficient (Wildman–Crippen LogP) is 14.2. The first-order chi connectivity index (χ1) is 25.3. The lowest BCUT2D eigenvalue weighted by atomic mass is 9.99. The molecule has 1 unspecified atom stereocenters. The van der Waals surface area contributed by atoms with Crippen molar-refractivity contribution in [2.24, 2.45) is 11.8 Å². The molecule has 0 heterocycles. The minimum Gasteiger partial charge on any atom is -0.462 e. The number of hydrogen-bond donors (Lipinski definition) is 0. The van der Waals surface area contributed by atoms with Crippen molar-refractivity contribution in [3.8, 4) is 0 Å². The van der Waals surface area contributed by atoms with E-state index >= 15 is 0 Å². The topological polar surface area (TPSA) is 78.9 Å². The highest BCUT2D eigenvalue weighted by Gasteiger charge is 2.19. The molecule has 0 rings (SSSR count). The van der Waals surface area contributed by atoms with Gasteiger partial charge in [0.25, 0.3) is 0 Å². The van der Waals surface area contributed by atoms with Crippen molar-refractivity contribution < 1.29 is 28.6 Å². The molecule has 52 heavy (non-hydrogen) atoms. The molecule has 0 aromatic rings. The molecule has 0 aliphatic rings. The number of unbranched alkanes of at least 4 members (excludes halogenated alkanes) is 24. The summed E-state index contributed by atoms with van der Waals surface area (Å²) in [4.78, 5) is 37.7. The number of carbonyl (C=O) groups excluding carboxylic acids is 3. The molecule has 6 nitrogen and oxygen atoms in total. The smallest absolute Gasteiger partial charge is 0.306 e. The summed E-state index contributed by atoms with van der Waals surface area (Å²) in [5.41, 5.74) is 0. The first-order valence-corrected chi connectivity index (χ1v) is 22.8. The monoisotopic (exact) mass is 737 g/mol. The summed E-state index contributed by atoms with van der Waals surface area (Å²) in [7, 11) is 0. The van der Waals surface area contributed by atoms with Gasteiger partial charge in [0.2, 0.25) is 0 Å². The van der Waals surface area contributed by atoms with E-state index in [1.54, 1.807) is 0 Å². The summed E-state index contributed by atoms with van der Waals surface area (Å²) >= 11 is 0. The van der Waals surface area contributed by atoms with Crippen LogP contribution in [-0.4, -0.2) is 37.2 Å². The maximum Gasteiger partial charge on any atom is 0.306 e. The molecule has 6 heteroatoms. The van der Waals surface area contributed by atoms with Gasteiger partial charge in [-0.3, -0.25) is 14.4 Å². The molecular weight excluding hydrogens is 649 g/mol. The van der Waals surface area contributed by atoms with Crippen LogP contribution in [0.15, 0.2) is 0 Å². The third kappa shape index (κ3) is 38.1. The van der Waals surface area contributed by atoms with E-state index in [-0.39, 0.29) is 31.1 Å². The van der Waals surface area contributed by atoms with Crippen LogP contribution in [0, 0.1) is 11.8 Å². The van der Waals surface area contributed by atoms with Gasteiger partial charge >= 0.3 is 17.9 Å². The molecule has 0 radical (unpaired) electrons. The zero-order valence-corrected chi connectivity index (χ0v) is 35.4. The molecule has 0 saturated heterocycles. The lowest BCUT2D eigenvalue weighted by Gasteiger charge is -2.18. The van der Waals surface area contributed by atoms with Crippen LogP contribution in [0.3, 0.4) is 0 Å². The SMILES string of the molecule is CCCCCCCCCCCC(=O)OC[C@@H](COC(=O)CCCCCCCCCCC(C)CC)OC(=O)CCCCCCCCCCCCC(C)C. The molecule has 0 aromatic heterocycles. The fourth-order valence-electron chi connectivity index (χ4n) is 6.72. The zero-order valence-electron chi connectivity index (χ0n) is 35.4. The van der Waals surface area contributed by atoms with Gasteiger partial charge in [-0.2, -0.15) is 0 Å². The van der Waals surface area contributed by atoms with Crippen molar-refractivity contribution in [2.75, 3.05) is 13.2 Å². The van der Waals surface area contributed by atoms with E-state index in [9.17, 15) is 14.4 Å². The van der Waals surface area contributed by atoms with Crippen LogP contribution in [0.25, 0.3) is 0 Å². The molecule has 0 aliphatic carbocycles. The number of ether oxygens (including phenoxy) is 3. The Balaban J connectivity index is 4.34. The second-order valence-corrected chi connectivity index (χ2v) is 16.4. The van der Waals surface area contributed by atoms with E-state index in [2.05, 4.69) is 34.6 Å². The molecule has 2 atom stereocenters. The van der Waals surface area contributed by atoms with Crippen molar-refractivity contribution in [1.82, 2.24) is 0 Å². The third-order valence-electron chi connectivity index (χ3n) is 10.6. The van der Waals surface area contributed by atoms with Crippen LogP contribution in [0.2, 0.25) is 0 Å². The predicted molar refractivity (Wildman–Crippen MR) is 220 cm³/mol. The zero-order chi connectivity index (χ0) is 38.3. The highest BCUT2D eigenvalue weighted by Crippen LogP contribution is 2.17. The van der Waals surface area contributed by atoms with Gasteiger partial charge in [-0.15, -0.1) is 0 Å². The van der Waals surface area contributed by atoms with Crippen LogP contribution >= 0.6 is 0 Å². The molecular formula is C46H88O6. The summed E-state index contributed by atoms with van der Waals surface area (Å²) in [5.74, 6) is 0.803. The Morgan fingerprint density at radius 2 is 0.731 bits per heavy atom. The molecule has 308 valence electrons. The molecule has 0 N–H and O–H groups in total. The van der Waals surface area contributed by atoms with Crippen LogP contribution in [0.1, 0.15) is 247 Å². The number of carbonyl (C=O) groups is 3. The average molecular weight is 737 g/mol. The maximum absolute atomic E-state index is 12.7. The van der Waals surface area contributed by atoms with Crippen LogP contribution in [-0.2, 0) is 28.6 Å². The second-order valence-electron chi connectivity index (χ2n) is 16.4. The Labute approximate surface area is 323 Å². The second kappa shape index (κ2) is 39.1. The molecule has 0 amide bonds. The van der Waals surface area contributed by atoms with Crippen molar-refractivity contribution in [3.05, 3.63) is 0 Å². The molecule has 0 aliphatic heterocycles. The van der Waals surface area contributed by atoms with Gasteiger partial charge in [-0.1, -0.05) is 208 Å².